The SMILES string of the molecule is NCc1ccc2c(c1)cc(Cn1c(=O)n(C3CC3)c3ccc(F)cc31)n2CCCCF. The summed E-state index contributed by atoms with van der Waals surface area (Å²) in [5.41, 5.74) is 10.1. The molecule has 0 atom stereocenters. The predicted molar refractivity (Wildman–Crippen MR) is 119 cm³/mol. The molecule has 0 amide bonds. The number of aryl methyl sites for hydroxylation is 1. The van der Waals surface area contributed by atoms with Crippen LogP contribution in [0.4, 0.5) is 8.78 Å². The van der Waals surface area contributed by atoms with E-state index in [1.54, 1.807) is 15.2 Å². The lowest BCUT2D eigenvalue weighted by atomic mass is 10.1. The second kappa shape index (κ2) is 7.96. The summed E-state index contributed by atoms with van der Waals surface area (Å²) in [4.78, 5) is 13.3. The van der Waals surface area contributed by atoms with E-state index in [2.05, 4.69) is 16.7 Å². The van der Waals surface area contributed by atoms with Crippen LogP contribution < -0.4 is 11.4 Å². The average Bonchev–Trinajstić information content (AvgIpc) is 3.49. The number of nitrogens with zero attached hydrogens (tertiary/aromatic N) is 3. The van der Waals surface area contributed by atoms with E-state index in [9.17, 15) is 13.6 Å². The summed E-state index contributed by atoms with van der Waals surface area (Å²) in [6.45, 7) is 1.10. The molecule has 7 heteroatoms. The van der Waals surface area contributed by atoms with Crippen LogP contribution in [0.3, 0.4) is 0 Å². The van der Waals surface area contributed by atoms with Gasteiger partial charge in [-0.1, -0.05) is 6.07 Å². The fourth-order valence-corrected chi connectivity index (χ4v) is 4.52. The number of fused-ring (bicyclic) bond motifs is 2. The lowest BCUT2D eigenvalue weighted by Crippen LogP contribution is -2.25. The number of hydrogen-bond donors (Lipinski definition) is 1. The molecule has 2 heterocycles. The first-order valence-corrected chi connectivity index (χ1v) is 10.9. The zero-order valence-corrected chi connectivity index (χ0v) is 17.4. The van der Waals surface area contributed by atoms with Gasteiger partial charge in [0.25, 0.3) is 0 Å². The van der Waals surface area contributed by atoms with Crippen LogP contribution in [0.5, 0.6) is 0 Å². The number of unbranched alkanes of at least 4 members (excludes halogenated alkanes) is 1. The second-order valence-corrected chi connectivity index (χ2v) is 8.38. The summed E-state index contributed by atoms with van der Waals surface area (Å²) in [7, 11) is 0. The van der Waals surface area contributed by atoms with Gasteiger partial charge in [0.1, 0.15) is 5.82 Å². The Morgan fingerprint density at radius 1 is 0.968 bits per heavy atom. The van der Waals surface area contributed by atoms with E-state index in [1.807, 2.05) is 12.1 Å². The van der Waals surface area contributed by atoms with Crippen LogP contribution in [0.25, 0.3) is 21.9 Å². The van der Waals surface area contributed by atoms with Gasteiger partial charge in [-0.2, -0.15) is 0 Å². The number of nitrogens with two attached hydrogens (primary N) is 1. The van der Waals surface area contributed by atoms with Crippen LogP contribution in [0.1, 0.15) is 43.0 Å². The van der Waals surface area contributed by atoms with E-state index in [0.29, 0.717) is 38.0 Å². The van der Waals surface area contributed by atoms with Crippen molar-refractivity contribution >= 4 is 21.9 Å². The molecule has 0 spiro atoms. The van der Waals surface area contributed by atoms with Crippen LogP contribution in [-0.2, 0) is 19.6 Å². The standard InChI is InChI=1S/C24H26F2N4O/c25-9-1-2-10-28-20(12-17-11-16(14-27)3-7-21(17)28)15-29-23-13-18(26)4-8-22(23)30(24(29)31)19-5-6-19/h3-4,7-8,11-13,19H,1-2,5-6,9-10,14-15,27H2. The normalized spacial score (nSPS) is 14.2. The van der Waals surface area contributed by atoms with Crippen molar-refractivity contribution in [3.63, 3.8) is 0 Å². The summed E-state index contributed by atoms with van der Waals surface area (Å²) >= 11 is 0. The molecule has 1 saturated carbocycles. The molecule has 2 aromatic carbocycles. The smallest absolute Gasteiger partial charge is 0.329 e. The van der Waals surface area contributed by atoms with Crippen molar-refractivity contribution in [2.45, 2.75) is 51.4 Å². The zero-order chi connectivity index (χ0) is 21.5. The van der Waals surface area contributed by atoms with E-state index in [4.69, 9.17) is 5.73 Å². The Bertz CT molecular complexity index is 1310. The molecule has 162 valence electrons. The molecule has 4 aromatic rings. The van der Waals surface area contributed by atoms with Crippen LogP contribution in [0.15, 0.2) is 47.3 Å². The number of imidazole rings is 1. The number of halogens is 2. The lowest BCUT2D eigenvalue weighted by molar-refractivity contribution is 0.447. The Labute approximate surface area is 178 Å². The monoisotopic (exact) mass is 424 g/mol. The van der Waals surface area contributed by atoms with Crippen molar-refractivity contribution < 1.29 is 8.78 Å². The van der Waals surface area contributed by atoms with Crippen molar-refractivity contribution in [2.24, 2.45) is 5.73 Å². The quantitative estimate of drug-likeness (QED) is 0.424. The van der Waals surface area contributed by atoms with Gasteiger partial charge in [-0.25, -0.2) is 9.18 Å². The van der Waals surface area contributed by atoms with Crippen molar-refractivity contribution in [1.29, 1.82) is 0 Å². The number of alkyl halides is 1. The third kappa shape index (κ3) is 3.57. The van der Waals surface area contributed by atoms with Crippen molar-refractivity contribution in [1.82, 2.24) is 13.7 Å². The van der Waals surface area contributed by atoms with Crippen LogP contribution in [0, 0.1) is 5.82 Å². The third-order valence-corrected chi connectivity index (χ3v) is 6.21. The first-order chi connectivity index (χ1) is 15.1. The molecule has 1 aliphatic rings. The number of benzene rings is 2. The highest BCUT2D eigenvalue weighted by atomic mass is 19.1. The highest BCUT2D eigenvalue weighted by molar-refractivity contribution is 5.82. The molecule has 0 aliphatic heterocycles. The van der Waals surface area contributed by atoms with Gasteiger partial charge < -0.3 is 10.3 Å². The number of rotatable bonds is 8. The molecular formula is C24H26F2N4O. The average molecular weight is 424 g/mol. The largest absolute Gasteiger partial charge is 0.343 e. The topological polar surface area (TPSA) is 57.9 Å². The van der Waals surface area contributed by atoms with Gasteiger partial charge in [0.2, 0.25) is 0 Å². The summed E-state index contributed by atoms with van der Waals surface area (Å²) in [5.74, 6) is -0.356. The summed E-state index contributed by atoms with van der Waals surface area (Å²) < 4.78 is 32.4. The van der Waals surface area contributed by atoms with Gasteiger partial charge in [0.05, 0.1) is 24.3 Å². The lowest BCUT2D eigenvalue weighted by Gasteiger charge is -2.11. The summed E-state index contributed by atoms with van der Waals surface area (Å²) in [5, 5.41) is 1.04. The molecule has 0 radical (unpaired) electrons. The Kier molecular flexibility index (Phi) is 5.14. The van der Waals surface area contributed by atoms with Crippen molar-refractivity contribution in [2.75, 3.05) is 6.67 Å². The maximum atomic E-state index is 14.1. The van der Waals surface area contributed by atoms with Crippen LogP contribution >= 0.6 is 0 Å². The van der Waals surface area contributed by atoms with Crippen LogP contribution in [0.2, 0.25) is 0 Å². The van der Waals surface area contributed by atoms with Gasteiger partial charge in [-0.05, 0) is 67.6 Å². The third-order valence-electron chi connectivity index (χ3n) is 6.21. The molecule has 31 heavy (non-hydrogen) atoms. The molecule has 5 rings (SSSR count). The van der Waals surface area contributed by atoms with E-state index in [1.165, 1.54) is 12.1 Å². The van der Waals surface area contributed by atoms with Gasteiger partial charge in [0.15, 0.2) is 0 Å². The molecule has 0 bridgehead atoms. The van der Waals surface area contributed by atoms with E-state index in [0.717, 1.165) is 40.5 Å². The van der Waals surface area contributed by atoms with E-state index < -0.39 is 0 Å². The van der Waals surface area contributed by atoms with Gasteiger partial charge in [-0.3, -0.25) is 13.5 Å². The molecule has 2 N–H and O–H groups in total. The highest BCUT2D eigenvalue weighted by Crippen LogP contribution is 2.36. The molecule has 2 aromatic heterocycles. The zero-order valence-electron chi connectivity index (χ0n) is 17.4. The summed E-state index contributed by atoms with van der Waals surface area (Å²) in [6.07, 6.45) is 3.15. The maximum absolute atomic E-state index is 14.1. The van der Waals surface area contributed by atoms with Crippen molar-refractivity contribution in [3.8, 4) is 0 Å². The Hall–Kier alpha value is -2.93. The van der Waals surface area contributed by atoms with E-state index >= 15 is 0 Å². The van der Waals surface area contributed by atoms with Crippen molar-refractivity contribution in [3.05, 3.63) is 70.0 Å². The number of hydrogen-bond acceptors (Lipinski definition) is 2. The molecule has 5 nitrogen and oxygen atoms in total. The predicted octanol–water partition coefficient (Wildman–Crippen LogP) is 4.49. The molecule has 0 unspecified atom stereocenters. The molecule has 1 fully saturated rings. The summed E-state index contributed by atoms with van der Waals surface area (Å²) in [6, 6.07) is 12.9. The maximum Gasteiger partial charge on any atom is 0.329 e. The van der Waals surface area contributed by atoms with Crippen LogP contribution in [-0.4, -0.2) is 20.4 Å². The number of aromatic nitrogens is 3. The first-order valence-electron chi connectivity index (χ1n) is 10.9. The fraction of sp³-hybridized carbons (Fsp3) is 0.375. The van der Waals surface area contributed by atoms with Gasteiger partial charge in [-0.15, -0.1) is 0 Å². The molecule has 0 saturated heterocycles. The Balaban J connectivity index is 1.64. The van der Waals surface area contributed by atoms with Gasteiger partial charge in [0, 0.05) is 35.7 Å². The molecular weight excluding hydrogens is 398 g/mol. The first kappa shape index (κ1) is 20.0. The highest BCUT2D eigenvalue weighted by Gasteiger charge is 2.29. The Morgan fingerprint density at radius 2 is 1.77 bits per heavy atom. The minimum absolute atomic E-state index is 0.105. The minimum Gasteiger partial charge on any atom is -0.343 e. The Morgan fingerprint density at radius 3 is 2.52 bits per heavy atom. The fourth-order valence-electron chi connectivity index (χ4n) is 4.52. The second-order valence-electron chi connectivity index (χ2n) is 8.38. The minimum atomic E-state index is -0.356. The van der Waals surface area contributed by atoms with E-state index in [-0.39, 0.29) is 24.2 Å². The van der Waals surface area contributed by atoms with Gasteiger partial charge >= 0.3 is 5.69 Å². The molecule has 1 aliphatic carbocycles.